The van der Waals surface area contributed by atoms with E-state index in [1.807, 2.05) is 18.2 Å². The third-order valence-corrected chi connectivity index (χ3v) is 6.29. The normalized spacial score (nSPS) is 15.9. The van der Waals surface area contributed by atoms with Crippen LogP contribution in [-0.2, 0) is 14.9 Å². The number of hydrogen-bond acceptors (Lipinski definition) is 9. The quantitative estimate of drug-likeness (QED) is 0.305. The summed E-state index contributed by atoms with van der Waals surface area (Å²) in [5, 5.41) is 14.7. The minimum absolute atomic E-state index is 0.112. The summed E-state index contributed by atoms with van der Waals surface area (Å²) in [6.45, 7) is 1.97. The monoisotopic (exact) mass is 488 g/mol. The summed E-state index contributed by atoms with van der Waals surface area (Å²) in [6, 6.07) is 8.27. The van der Waals surface area contributed by atoms with E-state index in [0.717, 1.165) is 5.56 Å². The Balaban J connectivity index is 1.58. The van der Waals surface area contributed by atoms with Gasteiger partial charge in [0, 0.05) is 38.3 Å². The Morgan fingerprint density at radius 2 is 1.86 bits per heavy atom. The standard InChI is InChI=1S/C24H28N2O9/c1-30-9-10-33-22-13-18(26(28)29)17(12-20(22)31-2)23(27)25-14-24(5-7-32-8-6-24)16-3-4-19-21(11-16)35-15-34-19/h3-4,11-13H,5-10,14-15H2,1-2H3,(H,25,27). The Morgan fingerprint density at radius 3 is 2.57 bits per heavy atom. The van der Waals surface area contributed by atoms with E-state index in [1.165, 1.54) is 26.4 Å². The summed E-state index contributed by atoms with van der Waals surface area (Å²) in [5.74, 6) is 1.13. The van der Waals surface area contributed by atoms with Gasteiger partial charge in [0.15, 0.2) is 23.0 Å². The molecule has 0 spiro atoms. The number of ether oxygens (including phenoxy) is 6. The van der Waals surface area contributed by atoms with Crippen LogP contribution in [0.2, 0.25) is 0 Å². The topological polar surface area (TPSA) is 128 Å². The van der Waals surface area contributed by atoms with Crippen molar-refractivity contribution in [1.82, 2.24) is 5.32 Å². The number of amides is 1. The van der Waals surface area contributed by atoms with Crippen molar-refractivity contribution < 1.29 is 38.1 Å². The third-order valence-electron chi connectivity index (χ3n) is 6.29. The van der Waals surface area contributed by atoms with Crippen molar-refractivity contribution in [1.29, 1.82) is 0 Å². The zero-order valence-corrected chi connectivity index (χ0v) is 19.7. The summed E-state index contributed by atoms with van der Waals surface area (Å²) >= 11 is 0. The zero-order chi connectivity index (χ0) is 24.8. The highest BCUT2D eigenvalue weighted by Crippen LogP contribution is 2.41. The lowest BCUT2D eigenvalue weighted by Gasteiger charge is -2.38. The molecule has 2 heterocycles. The van der Waals surface area contributed by atoms with Gasteiger partial charge in [-0.1, -0.05) is 6.07 Å². The van der Waals surface area contributed by atoms with E-state index < -0.39 is 16.2 Å². The van der Waals surface area contributed by atoms with Gasteiger partial charge in [-0.15, -0.1) is 0 Å². The third kappa shape index (κ3) is 5.25. The average molecular weight is 488 g/mol. The number of methoxy groups -OCH3 is 2. The van der Waals surface area contributed by atoms with Crippen molar-refractivity contribution in [2.24, 2.45) is 0 Å². The Hall–Kier alpha value is -3.57. The minimum Gasteiger partial charge on any atom is -0.493 e. The summed E-state index contributed by atoms with van der Waals surface area (Å²) < 4.78 is 32.3. The van der Waals surface area contributed by atoms with Gasteiger partial charge in [-0.3, -0.25) is 14.9 Å². The van der Waals surface area contributed by atoms with Crippen molar-refractivity contribution in [2.45, 2.75) is 18.3 Å². The summed E-state index contributed by atoms with van der Waals surface area (Å²) in [4.78, 5) is 24.4. The van der Waals surface area contributed by atoms with Crippen LogP contribution < -0.4 is 24.3 Å². The first kappa shape index (κ1) is 24.6. The summed E-state index contributed by atoms with van der Waals surface area (Å²) in [6.07, 6.45) is 1.34. The molecule has 11 heteroatoms. The molecule has 0 aliphatic carbocycles. The number of nitrogens with one attached hydrogen (secondary N) is 1. The molecular formula is C24H28N2O9. The molecule has 188 valence electrons. The van der Waals surface area contributed by atoms with E-state index in [-0.39, 0.29) is 42.7 Å². The molecule has 2 aromatic carbocycles. The second-order valence-corrected chi connectivity index (χ2v) is 8.26. The van der Waals surface area contributed by atoms with Gasteiger partial charge in [0.25, 0.3) is 11.6 Å². The van der Waals surface area contributed by atoms with Crippen LogP contribution in [0, 0.1) is 10.1 Å². The number of carbonyl (C=O) groups excluding carboxylic acids is 1. The van der Waals surface area contributed by atoms with Crippen LogP contribution in [-0.4, -0.2) is 64.8 Å². The summed E-state index contributed by atoms with van der Waals surface area (Å²) in [7, 11) is 2.92. The molecule has 2 aliphatic rings. The molecule has 0 aromatic heterocycles. The lowest BCUT2D eigenvalue weighted by Crippen LogP contribution is -2.44. The molecule has 0 bridgehead atoms. The molecule has 11 nitrogen and oxygen atoms in total. The van der Waals surface area contributed by atoms with Crippen molar-refractivity contribution in [3.8, 4) is 23.0 Å². The van der Waals surface area contributed by atoms with Gasteiger partial charge in [0.2, 0.25) is 6.79 Å². The number of nitro benzene ring substituents is 1. The molecule has 1 N–H and O–H groups in total. The van der Waals surface area contributed by atoms with Crippen LogP contribution in [0.4, 0.5) is 5.69 Å². The zero-order valence-electron chi connectivity index (χ0n) is 19.7. The smallest absolute Gasteiger partial charge is 0.286 e. The summed E-state index contributed by atoms with van der Waals surface area (Å²) in [5.41, 5.74) is 0.0785. The maximum absolute atomic E-state index is 13.2. The van der Waals surface area contributed by atoms with E-state index in [2.05, 4.69) is 5.32 Å². The number of carbonyl (C=O) groups is 1. The highest BCUT2D eigenvalue weighted by atomic mass is 16.7. The van der Waals surface area contributed by atoms with Gasteiger partial charge in [0.05, 0.1) is 24.7 Å². The van der Waals surface area contributed by atoms with E-state index in [1.54, 1.807) is 0 Å². The molecule has 2 aromatic rings. The number of nitro groups is 1. The number of nitrogens with zero attached hydrogens (tertiary/aromatic N) is 1. The fourth-order valence-corrected chi connectivity index (χ4v) is 4.29. The van der Waals surface area contributed by atoms with Crippen molar-refractivity contribution in [3.05, 3.63) is 51.6 Å². The molecule has 35 heavy (non-hydrogen) atoms. The van der Waals surface area contributed by atoms with Gasteiger partial charge >= 0.3 is 0 Å². The van der Waals surface area contributed by atoms with Gasteiger partial charge in [-0.2, -0.15) is 0 Å². The predicted molar refractivity (Wildman–Crippen MR) is 124 cm³/mol. The molecule has 2 aliphatic heterocycles. The maximum atomic E-state index is 13.2. The minimum atomic E-state index is -0.612. The number of fused-ring (bicyclic) bond motifs is 1. The fraction of sp³-hybridized carbons (Fsp3) is 0.458. The maximum Gasteiger partial charge on any atom is 0.286 e. The van der Waals surface area contributed by atoms with Gasteiger partial charge in [-0.05, 0) is 30.5 Å². The number of hydrogen-bond donors (Lipinski definition) is 1. The first-order valence-electron chi connectivity index (χ1n) is 11.2. The Kier molecular flexibility index (Phi) is 7.57. The van der Waals surface area contributed by atoms with Crippen LogP contribution in [0.5, 0.6) is 23.0 Å². The number of rotatable bonds is 10. The fourth-order valence-electron chi connectivity index (χ4n) is 4.29. The average Bonchev–Trinajstić information content (AvgIpc) is 3.35. The molecule has 0 atom stereocenters. The molecule has 4 rings (SSSR count). The second-order valence-electron chi connectivity index (χ2n) is 8.26. The predicted octanol–water partition coefficient (Wildman–Crippen LogP) is 2.84. The SMILES string of the molecule is COCCOc1cc([N+](=O)[O-])c(C(=O)NCC2(c3ccc4c(c3)OCO4)CCOCC2)cc1OC. The van der Waals surface area contributed by atoms with Gasteiger partial charge in [0.1, 0.15) is 12.2 Å². The van der Waals surface area contributed by atoms with E-state index in [0.29, 0.717) is 44.2 Å². The highest BCUT2D eigenvalue weighted by Gasteiger charge is 2.37. The van der Waals surface area contributed by atoms with Crippen LogP contribution in [0.3, 0.4) is 0 Å². The lowest BCUT2D eigenvalue weighted by molar-refractivity contribution is -0.385. The first-order valence-corrected chi connectivity index (χ1v) is 11.2. The molecule has 0 unspecified atom stereocenters. The van der Waals surface area contributed by atoms with Crippen molar-refractivity contribution >= 4 is 11.6 Å². The Morgan fingerprint density at radius 1 is 1.09 bits per heavy atom. The molecule has 1 amide bonds. The van der Waals surface area contributed by atoms with Crippen LogP contribution in [0.1, 0.15) is 28.8 Å². The molecular weight excluding hydrogens is 460 g/mol. The highest BCUT2D eigenvalue weighted by molar-refractivity contribution is 5.99. The van der Waals surface area contributed by atoms with Crippen LogP contribution >= 0.6 is 0 Å². The van der Waals surface area contributed by atoms with Gasteiger partial charge < -0.3 is 33.7 Å². The Bertz CT molecular complexity index is 1080. The molecule has 0 radical (unpaired) electrons. The lowest BCUT2D eigenvalue weighted by atomic mass is 9.74. The first-order chi connectivity index (χ1) is 17.0. The van der Waals surface area contributed by atoms with E-state index in [9.17, 15) is 14.9 Å². The van der Waals surface area contributed by atoms with Crippen molar-refractivity contribution in [2.75, 3.05) is 54.0 Å². The van der Waals surface area contributed by atoms with Crippen molar-refractivity contribution in [3.63, 3.8) is 0 Å². The molecule has 0 saturated carbocycles. The van der Waals surface area contributed by atoms with Crippen LogP contribution in [0.15, 0.2) is 30.3 Å². The van der Waals surface area contributed by atoms with Crippen LogP contribution in [0.25, 0.3) is 0 Å². The van der Waals surface area contributed by atoms with E-state index >= 15 is 0 Å². The van der Waals surface area contributed by atoms with E-state index in [4.69, 9.17) is 28.4 Å². The molecule has 1 fully saturated rings. The Labute approximate surface area is 202 Å². The van der Waals surface area contributed by atoms with Gasteiger partial charge in [-0.25, -0.2) is 0 Å². The largest absolute Gasteiger partial charge is 0.493 e. The second kappa shape index (κ2) is 10.8. The number of benzene rings is 2. The molecule has 1 saturated heterocycles.